The zero-order valence-corrected chi connectivity index (χ0v) is 9.16. The van der Waals surface area contributed by atoms with Gasteiger partial charge in [-0.05, 0) is 31.1 Å². The third kappa shape index (κ3) is 1.13. The Morgan fingerprint density at radius 3 is 2.57 bits per heavy atom. The van der Waals surface area contributed by atoms with Crippen LogP contribution in [0.5, 0.6) is 0 Å². The van der Waals surface area contributed by atoms with E-state index in [1.165, 1.54) is 25.7 Å². The van der Waals surface area contributed by atoms with E-state index in [1.54, 1.807) is 17.5 Å². The lowest BCUT2D eigenvalue weighted by atomic mass is 9.96. The minimum Gasteiger partial charge on any atom is -0.389 e. The molecule has 0 aliphatic heterocycles. The van der Waals surface area contributed by atoms with E-state index in [0.29, 0.717) is 11.0 Å². The third-order valence-corrected chi connectivity index (χ3v) is 4.52. The standard InChI is InChI=1S/C10H15N3S/c1-9(2-3-9)10(4-5-10)13-8-12-6-7(11)14-8/h6H,2-5,11H2,1H3,(H,12,13). The van der Waals surface area contributed by atoms with E-state index in [9.17, 15) is 0 Å². The number of thiazole rings is 1. The first-order valence-electron chi connectivity index (χ1n) is 5.13. The van der Waals surface area contributed by atoms with E-state index >= 15 is 0 Å². The molecule has 0 amide bonds. The molecular weight excluding hydrogens is 194 g/mol. The second-order valence-corrected chi connectivity index (χ2v) is 5.90. The number of hydrogen-bond donors (Lipinski definition) is 2. The number of rotatable bonds is 3. The lowest BCUT2D eigenvalue weighted by Crippen LogP contribution is -2.30. The predicted molar refractivity (Wildman–Crippen MR) is 59.5 cm³/mol. The molecule has 0 spiro atoms. The van der Waals surface area contributed by atoms with Crippen LogP contribution in [-0.2, 0) is 0 Å². The number of nitrogens with one attached hydrogen (secondary N) is 1. The van der Waals surface area contributed by atoms with Gasteiger partial charge in [0.15, 0.2) is 5.13 Å². The maximum absolute atomic E-state index is 5.66. The molecule has 76 valence electrons. The fraction of sp³-hybridized carbons (Fsp3) is 0.700. The maximum Gasteiger partial charge on any atom is 0.185 e. The van der Waals surface area contributed by atoms with Crippen molar-refractivity contribution in [1.82, 2.24) is 4.98 Å². The van der Waals surface area contributed by atoms with Crippen LogP contribution >= 0.6 is 11.3 Å². The van der Waals surface area contributed by atoms with Crippen molar-refractivity contribution in [2.45, 2.75) is 38.1 Å². The average Bonchev–Trinajstić information content (AvgIpc) is 3.00. The van der Waals surface area contributed by atoms with Gasteiger partial charge in [0.25, 0.3) is 0 Å². The van der Waals surface area contributed by atoms with Gasteiger partial charge in [0.1, 0.15) is 5.00 Å². The van der Waals surface area contributed by atoms with Gasteiger partial charge in [-0.3, -0.25) is 0 Å². The van der Waals surface area contributed by atoms with Crippen LogP contribution in [-0.4, -0.2) is 10.5 Å². The van der Waals surface area contributed by atoms with Gasteiger partial charge in [-0.2, -0.15) is 0 Å². The van der Waals surface area contributed by atoms with Gasteiger partial charge in [-0.15, -0.1) is 0 Å². The molecule has 3 nitrogen and oxygen atoms in total. The highest BCUT2D eigenvalue weighted by Crippen LogP contribution is 2.65. The van der Waals surface area contributed by atoms with E-state index in [2.05, 4.69) is 17.2 Å². The molecule has 2 aliphatic rings. The molecule has 0 radical (unpaired) electrons. The Balaban J connectivity index is 1.78. The Kier molecular flexibility index (Phi) is 1.48. The highest BCUT2D eigenvalue weighted by molar-refractivity contribution is 7.19. The summed E-state index contributed by atoms with van der Waals surface area (Å²) < 4.78 is 0. The van der Waals surface area contributed by atoms with E-state index in [0.717, 1.165) is 10.1 Å². The molecule has 2 saturated carbocycles. The molecular formula is C10H15N3S. The van der Waals surface area contributed by atoms with Crippen molar-refractivity contribution in [3.8, 4) is 0 Å². The molecule has 2 fully saturated rings. The summed E-state index contributed by atoms with van der Waals surface area (Å²) in [5.74, 6) is 0. The number of anilines is 2. The molecule has 1 heterocycles. The topological polar surface area (TPSA) is 50.9 Å². The minimum absolute atomic E-state index is 0.358. The molecule has 4 heteroatoms. The van der Waals surface area contributed by atoms with Crippen LogP contribution in [0.25, 0.3) is 0 Å². The summed E-state index contributed by atoms with van der Waals surface area (Å²) in [6.07, 6.45) is 7.05. The van der Waals surface area contributed by atoms with E-state index in [-0.39, 0.29) is 0 Å². The van der Waals surface area contributed by atoms with Gasteiger partial charge >= 0.3 is 0 Å². The van der Waals surface area contributed by atoms with Crippen LogP contribution in [0.3, 0.4) is 0 Å². The molecule has 2 aliphatic carbocycles. The van der Waals surface area contributed by atoms with Crippen LogP contribution in [0, 0.1) is 5.41 Å². The Morgan fingerprint density at radius 2 is 2.14 bits per heavy atom. The summed E-state index contributed by atoms with van der Waals surface area (Å²) in [5.41, 5.74) is 6.55. The molecule has 14 heavy (non-hydrogen) atoms. The average molecular weight is 209 g/mol. The van der Waals surface area contributed by atoms with Crippen molar-refractivity contribution in [1.29, 1.82) is 0 Å². The summed E-state index contributed by atoms with van der Waals surface area (Å²) in [5, 5.41) is 5.37. The van der Waals surface area contributed by atoms with Crippen molar-refractivity contribution in [3.63, 3.8) is 0 Å². The molecule has 1 aromatic rings. The molecule has 0 saturated heterocycles. The second kappa shape index (κ2) is 2.42. The number of nitrogen functional groups attached to an aromatic ring is 1. The van der Waals surface area contributed by atoms with Crippen LogP contribution in [0.15, 0.2) is 6.20 Å². The van der Waals surface area contributed by atoms with Gasteiger partial charge in [-0.1, -0.05) is 18.3 Å². The number of aromatic nitrogens is 1. The second-order valence-electron chi connectivity index (χ2n) is 4.84. The summed E-state index contributed by atoms with van der Waals surface area (Å²) in [7, 11) is 0. The quantitative estimate of drug-likeness (QED) is 0.804. The molecule has 0 atom stereocenters. The molecule has 0 aromatic carbocycles. The summed E-state index contributed by atoms with van der Waals surface area (Å²) in [4.78, 5) is 4.26. The molecule has 1 aromatic heterocycles. The van der Waals surface area contributed by atoms with E-state index < -0.39 is 0 Å². The van der Waals surface area contributed by atoms with E-state index in [4.69, 9.17) is 5.73 Å². The highest BCUT2D eigenvalue weighted by atomic mass is 32.1. The summed E-state index contributed by atoms with van der Waals surface area (Å²) >= 11 is 1.55. The lowest BCUT2D eigenvalue weighted by Gasteiger charge is -2.23. The number of nitrogens with two attached hydrogens (primary N) is 1. The summed E-state index contributed by atoms with van der Waals surface area (Å²) in [6, 6.07) is 0. The monoisotopic (exact) mass is 209 g/mol. The first kappa shape index (κ1) is 8.53. The molecule has 3 N–H and O–H groups in total. The highest BCUT2D eigenvalue weighted by Gasteiger charge is 2.62. The fourth-order valence-electron chi connectivity index (χ4n) is 2.22. The SMILES string of the molecule is CC1(C2(Nc3ncc(N)s3)CC2)CC1. The molecule has 0 bridgehead atoms. The van der Waals surface area contributed by atoms with Gasteiger partial charge in [0.2, 0.25) is 0 Å². The van der Waals surface area contributed by atoms with Gasteiger partial charge < -0.3 is 11.1 Å². The lowest BCUT2D eigenvalue weighted by molar-refractivity contribution is 0.447. The number of nitrogens with zero attached hydrogens (tertiary/aromatic N) is 1. The zero-order chi connectivity index (χ0) is 9.81. The fourth-order valence-corrected chi connectivity index (χ4v) is 2.90. The molecule has 0 unspecified atom stereocenters. The van der Waals surface area contributed by atoms with E-state index in [1.807, 2.05) is 0 Å². The Bertz CT molecular complexity index is 363. The third-order valence-electron chi connectivity index (χ3n) is 3.78. The van der Waals surface area contributed by atoms with Crippen molar-refractivity contribution in [2.75, 3.05) is 11.1 Å². The minimum atomic E-state index is 0.358. The molecule has 3 rings (SSSR count). The first-order chi connectivity index (χ1) is 6.64. The van der Waals surface area contributed by atoms with Gasteiger partial charge in [0.05, 0.1) is 6.20 Å². The van der Waals surface area contributed by atoms with Gasteiger partial charge in [-0.25, -0.2) is 4.98 Å². The Morgan fingerprint density at radius 1 is 1.43 bits per heavy atom. The van der Waals surface area contributed by atoms with Crippen molar-refractivity contribution >= 4 is 21.5 Å². The van der Waals surface area contributed by atoms with Crippen LogP contribution in [0.1, 0.15) is 32.6 Å². The smallest absolute Gasteiger partial charge is 0.185 e. The van der Waals surface area contributed by atoms with Crippen molar-refractivity contribution in [3.05, 3.63) is 6.20 Å². The van der Waals surface area contributed by atoms with Crippen LogP contribution in [0.4, 0.5) is 10.1 Å². The zero-order valence-electron chi connectivity index (χ0n) is 8.34. The van der Waals surface area contributed by atoms with Crippen LogP contribution < -0.4 is 11.1 Å². The summed E-state index contributed by atoms with van der Waals surface area (Å²) in [6.45, 7) is 2.38. The number of hydrogen-bond acceptors (Lipinski definition) is 4. The first-order valence-corrected chi connectivity index (χ1v) is 5.95. The Hall–Kier alpha value is -0.770. The maximum atomic E-state index is 5.66. The normalized spacial score (nSPS) is 25.8. The van der Waals surface area contributed by atoms with Crippen molar-refractivity contribution < 1.29 is 0 Å². The largest absolute Gasteiger partial charge is 0.389 e. The van der Waals surface area contributed by atoms with Crippen LogP contribution in [0.2, 0.25) is 0 Å². The Labute approximate surface area is 87.7 Å². The predicted octanol–water partition coefficient (Wildman–Crippen LogP) is 2.47. The van der Waals surface area contributed by atoms with Crippen molar-refractivity contribution in [2.24, 2.45) is 5.41 Å². The van der Waals surface area contributed by atoms with Gasteiger partial charge in [0, 0.05) is 5.54 Å².